The van der Waals surface area contributed by atoms with Crippen molar-refractivity contribution in [1.82, 2.24) is 10.3 Å². The Balaban J connectivity index is 2.47. The molecule has 0 aliphatic rings. The summed E-state index contributed by atoms with van der Waals surface area (Å²) in [5, 5.41) is 6.80. The minimum Gasteiger partial charge on any atom is -0.308 e. The van der Waals surface area contributed by atoms with Gasteiger partial charge in [0.1, 0.15) is 5.01 Å². The Morgan fingerprint density at radius 3 is 2.85 bits per heavy atom. The highest BCUT2D eigenvalue weighted by Crippen LogP contribution is 2.20. The van der Waals surface area contributed by atoms with Crippen molar-refractivity contribution in [1.29, 1.82) is 0 Å². The molecule has 0 amide bonds. The second kappa shape index (κ2) is 6.11. The van der Waals surface area contributed by atoms with Crippen molar-refractivity contribution < 1.29 is 0 Å². The minimum atomic E-state index is 0.477. The van der Waals surface area contributed by atoms with Crippen LogP contribution in [0.1, 0.15) is 44.2 Å². The van der Waals surface area contributed by atoms with Crippen LogP contribution in [0, 0.1) is 0 Å². The largest absolute Gasteiger partial charge is 0.308 e. The lowest BCUT2D eigenvalue weighted by atomic mass is 10.2. The van der Waals surface area contributed by atoms with Gasteiger partial charge in [0.05, 0.1) is 6.04 Å². The lowest BCUT2D eigenvalue weighted by molar-refractivity contribution is 0.492. The molecule has 0 spiro atoms. The van der Waals surface area contributed by atoms with Gasteiger partial charge in [-0.05, 0) is 19.4 Å². The lowest BCUT2D eigenvalue weighted by Gasteiger charge is -2.14. The van der Waals surface area contributed by atoms with Crippen molar-refractivity contribution in [3.8, 4) is 0 Å². The Bertz CT molecular complexity index is 209. The van der Waals surface area contributed by atoms with E-state index in [-0.39, 0.29) is 0 Å². The normalized spacial score (nSPS) is 13.1. The van der Waals surface area contributed by atoms with Gasteiger partial charge in [-0.2, -0.15) is 0 Å². The standard InChI is InChI=1S/C10H18N2S/c1-3-5-9(11-6-4-2)10-12-7-8-13-10/h7-9,11H,3-6H2,1-2H3. The third kappa shape index (κ3) is 3.44. The molecule has 1 atom stereocenters. The molecule has 0 saturated heterocycles. The van der Waals surface area contributed by atoms with Crippen LogP contribution in [-0.2, 0) is 0 Å². The van der Waals surface area contributed by atoms with Gasteiger partial charge in [-0.3, -0.25) is 0 Å². The first-order valence-corrected chi connectivity index (χ1v) is 5.89. The van der Waals surface area contributed by atoms with Gasteiger partial charge in [0, 0.05) is 11.6 Å². The number of hydrogen-bond acceptors (Lipinski definition) is 3. The Labute approximate surface area is 84.4 Å². The second-order valence-corrected chi connectivity index (χ2v) is 4.09. The monoisotopic (exact) mass is 198 g/mol. The molecule has 0 aliphatic heterocycles. The van der Waals surface area contributed by atoms with Crippen LogP contribution in [0.5, 0.6) is 0 Å². The summed E-state index contributed by atoms with van der Waals surface area (Å²) in [5.41, 5.74) is 0. The first kappa shape index (κ1) is 10.7. The van der Waals surface area contributed by atoms with Gasteiger partial charge < -0.3 is 5.32 Å². The fraction of sp³-hybridized carbons (Fsp3) is 0.700. The molecule has 1 heterocycles. The van der Waals surface area contributed by atoms with Gasteiger partial charge in [-0.15, -0.1) is 11.3 Å². The molecule has 0 aliphatic carbocycles. The molecule has 0 bridgehead atoms. The summed E-state index contributed by atoms with van der Waals surface area (Å²) in [4.78, 5) is 4.34. The SMILES string of the molecule is CCCNC(CCC)c1nccs1. The molecular weight excluding hydrogens is 180 g/mol. The molecule has 0 radical (unpaired) electrons. The average molecular weight is 198 g/mol. The molecule has 0 fully saturated rings. The molecule has 74 valence electrons. The van der Waals surface area contributed by atoms with E-state index in [9.17, 15) is 0 Å². The number of aromatic nitrogens is 1. The van der Waals surface area contributed by atoms with Crippen molar-refractivity contribution in [2.75, 3.05) is 6.54 Å². The zero-order valence-corrected chi connectivity index (χ0v) is 9.23. The van der Waals surface area contributed by atoms with Gasteiger partial charge in [-0.1, -0.05) is 20.3 Å². The number of thiazole rings is 1. The van der Waals surface area contributed by atoms with Crippen molar-refractivity contribution in [2.24, 2.45) is 0 Å². The van der Waals surface area contributed by atoms with E-state index in [1.807, 2.05) is 11.6 Å². The van der Waals surface area contributed by atoms with E-state index < -0.39 is 0 Å². The fourth-order valence-corrected chi connectivity index (χ4v) is 2.07. The van der Waals surface area contributed by atoms with E-state index in [0.29, 0.717) is 6.04 Å². The molecule has 0 saturated carbocycles. The zero-order valence-electron chi connectivity index (χ0n) is 8.42. The van der Waals surface area contributed by atoms with E-state index in [1.54, 1.807) is 11.3 Å². The Hall–Kier alpha value is -0.410. The molecule has 3 heteroatoms. The predicted molar refractivity (Wildman–Crippen MR) is 58.1 cm³/mol. The van der Waals surface area contributed by atoms with Crippen molar-refractivity contribution in [2.45, 2.75) is 39.2 Å². The Morgan fingerprint density at radius 1 is 1.46 bits per heavy atom. The highest BCUT2D eigenvalue weighted by molar-refractivity contribution is 7.09. The van der Waals surface area contributed by atoms with E-state index in [1.165, 1.54) is 24.3 Å². The van der Waals surface area contributed by atoms with Crippen LogP contribution in [0.3, 0.4) is 0 Å². The van der Waals surface area contributed by atoms with Crippen LogP contribution in [0.4, 0.5) is 0 Å². The fourth-order valence-electron chi connectivity index (χ4n) is 1.33. The summed E-state index contributed by atoms with van der Waals surface area (Å²) in [7, 11) is 0. The molecule has 13 heavy (non-hydrogen) atoms. The highest BCUT2D eigenvalue weighted by atomic mass is 32.1. The highest BCUT2D eigenvalue weighted by Gasteiger charge is 2.10. The van der Waals surface area contributed by atoms with Crippen LogP contribution in [0.15, 0.2) is 11.6 Å². The van der Waals surface area contributed by atoms with Crippen LogP contribution < -0.4 is 5.32 Å². The van der Waals surface area contributed by atoms with E-state index >= 15 is 0 Å². The topological polar surface area (TPSA) is 24.9 Å². The van der Waals surface area contributed by atoms with Crippen LogP contribution >= 0.6 is 11.3 Å². The Kier molecular flexibility index (Phi) is 5.01. The van der Waals surface area contributed by atoms with Gasteiger partial charge in [-0.25, -0.2) is 4.98 Å². The van der Waals surface area contributed by atoms with Gasteiger partial charge in [0.25, 0.3) is 0 Å². The lowest BCUT2D eigenvalue weighted by Crippen LogP contribution is -2.21. The van der Waals surface area contributed by atoms with Gasteiger partial charge in [0.2, 0.25) is 0 Å². The maximum Gasteiger partial charge on any atom is 0.109 e. The molecule has 0 aromatic carbocycles. The minimum absolute atomic E-state index is 0.477. The van der Waals surface area contributed by atoms with Crippen LogP contribution in [-0.4, -0.2) is 11.5 Å². The molecule has 1 aromatic heterocycles. The zero-order chi connectivity index (χ0) is 9.52. The van der Waals surface area contributed by atoms with Crippen molar-refractivity contribution in [3.63, 3.8) is 0 Å². The summed E-state index contributed by atoms with van der Waals surface area (Å²) in [6, 6.07) is 0.477. The molecule has 1 unspecified atom stereocenters. The van der Waals surface area contributed by atoms with Crippen LogP contribution in [0.25, 0.3) is 0 Å². The number of nitrogens with one attached hydrogen (secondary N) is 1. The van der Waals surface area contributed by atoms with Gasteiger partial charge in [0.15, 0.2) is 0 Å². The third-order valence-electron chi connectivity index (χ3n) is 1.97. The van der Waals surface area contributed by atoms with E-state index in [4.69, 9.17) is 0 Å². The number of rotatable bonds is 6. The summed E-state index contributed by atoms with van der Waals surface area (Å²) >= 11 is 1.75. The second-order valence-electron chi connectivity index (χ2n) is 3.17. The van der Waals surface area contributed by atoms with Crippen molar-refractivity contribution in [3.05, 3.63) is 16.6 Å². The number of hydrogen-bond donors (Lipinski definition) is 1. The Morgan fingerprint density at radius 2 is 2.31 bits per heavy atom. The third-order valence-corrected chi connectivity index (χ3v) is 2.86. The smallest absolute Gasteiger partial charge is 0.109 e. The van der Waals surface area contributed by atoms with E-state index in [0.717, 1.165) is 6.54 Å². The molecular formula is C10H18N2S. The summed E-state index contributed by atoms with van der Waals surface area (Å²) in [5.74, 6) is 0. The molecule has 2 nitrogen and oxygen atoms in total. The summed E-state index contributed by atoms with van der Waals surface area (Å²) in [6.07, 6.45) is 5.47. The number of nitrogens with zero attached hydrogens (tertiary/aromatic N) is 1. The quantitative estimate of drug-likeness (QED) is 0.760. The molecule has 1 aromatic rings. The van der Waals surface area contributed by atoms with Crippen molar-refractivity contribution >= 4 is 11.3 Å². The summed E-state index contributed by atoms with van der Waals surface area (Å²) in [6.45, 7) is 5.50. The van der Waals surface area contributed by atoms with E-state index in [2.05, 4.69) is 24.1 Å². The average Bonchev–Trinajstić information content (AvgIpc) is 2.65. The molecule has 1 rings (SSSR count). The summed E-state index contributed by atoms with van der Waals surface area (Å²) < 4.78 is 0. The maximum atomic E-state index is 4.34. The molecule has 1 N–H and O–H groups in total. The first-order chi connectivity index (χ1) is 6.38. The van der Waals surface area contributed by atoms with Crippen LogP contribution in [0.2, 0.25) is 0 Å². The first-order valence-electron chi connectivity index (χ1n) is 5.01. The van der Waals surface area contributed by atoms with Gasteiger partial charge >= 0.3 is 0 Å². The maximum absolute atomic E-state index is 4.34. The predicted octanol–water partition coefficient (Wildman–Crippen LogP) is 2.98.